The van der Waals surface area contributed by atoms with E-state index in [2.05, 4.69) is 16.0 Å². The summed E-state index contributed by atoms with van der Waals surface area (Å²) in [5.74, 6) is -2.28. The maximum atomic E-state index is 14.3. The van der Waals surface area contributed by atoms with Gasteiger partial charge in [-0.1, -0.05) is 43.2 Å². The van der Waals surface area contributed by atoms with Crippen LogP contribution in [0.4, 0.5) is 14.5 Å². The number of para-hydroxylation sites is 1. The van der Waals surface area contributed by atoms with Crippen molar-refractivity contribution in [1.29, 1.82) is 0 Å². The normalized spacial score (nSPS) is 19.2. The third-order valence-electron chi connectivity index (χ3n) is 7.30. The molecule has 1 fully saturated rings. The van der Waals surface area contributed by atoms with Crippen LogP contribution in [0, 0.1) is 17.6 Å². The summed E-state index contributed by atoms with van der Waals surface area (Å²) >= 11 is 0. The molecule has 196 valence electrons. The number of anilines is 1. The molecule has 1 saturated carbocycles. The van der Waals surface area contributed by atoms with Gasteiger partial charge < -0.3 is 20.9 Å². The lowest BCUT2D eigenvalue weighted by Crippen LogP contribution is -2.56. The summed E-state index contributed by atoms with van der Waals surface area (Å²) in [6.45, 7) is 3.02. The first-order chi connectivity index (χ1) is 16.9. The van der Waals surface area contributed by atoms with Crippen molar-refractivity contribution in [3.05, 3.63) is 65.2 Å². The number of nitrogens with one attached hydrogen (secondary N) is 3. The monoisotopic (exact) mass is 520 g/mol. The average molecular weight is 521 g/mol. The highest BCUT2D eigenvalue weighted by atomic mass is 35.5. The minimum atomic E-state index is -0.973. The van der Waals surface area contributed by atoms with Gasteiger partial charge in [-0.2, -0.15) is 0 Å². The summed E-state index contributed by atoms with van der Waals surface area (Å²) in [6, 6.07) is 9.69. The number of nitrogens with zero attached hydrogens (tertiary/aromatic N) is 1. The largest absolute Gasteiger partial charge is 0.325 e. The minimum Gasteiger partial charge on any atom is -0.325 e. The fraction of sp³-hybridized carbons (Fsp3) is 0.481. The number of amides is 2. The topological polar surface area (TPSA) is 73.5 Å². The van der Waals surface area contributed by atoms with E-state index in [0.717, 1.165) is 43.4 Å². The molecule has 1 aliphatic heterocycles. The van der Waals surface area contributed by atoms with Crippen molar-refractivity contribution in [1.82, 2.24) is 15.5 Å². The second kappa shape index (κ2) is 12.6. The number of likely N-dealkylation sites (N-methyl/N-ethyl adjacent to an activating group) is 1. The lowest BCUT2D eigenvalue weighted by atomic mass is 9.89. The number of hydrogen-bond donors (Lipinski definition) is 3. The van der Waals surface area contributed by atoms with Gasteiger partial charge in [0.2, 0.25) is 5.91 Å². The summed E-state index contributed by atoms with van der Waals surface area (Å²) in [7, 11) is 1.88. The van der Waals surface area contributed by atoms with Gasteiger partial charge in [0.1, 0.15) is 23.4 Å². The molecule has 1 aliphatic carbocycles. The Labute approximate surface area is 217 Å². The third-order valence-corrected chi connectivity index (χ3v) is 7.30. The number of benzene rings is 2. The van der Waals surface area contributed by atoms with E-state index >= 15 is 0 Å². The first kappa shape index (κ1) is 28.0. The predicted molar refractivity (Wildman–Crippen MR) is 139 cm³/mol. The van der Waals surface area contributed by atoms with E-state index in [9.17, 15) is 18.4 Å². The Hall–Kier alpha value is -2.55. The fourth-order valence-corrected chi connectivity index (χ4v) is 5.23. The van der Waals surface area contributed by atoms with Crippen molar-refractivity contribution < 1.29 is 18.4 Å². The second-order valence-corrected chi connectivity index (χ2v) is 9.59. The molecule has 36 heavy (non-hydrogen) atoms. The second-order valence-electron chi connectivity index (χ2n) is 9.59. The summed E-state index contributed by atoms with van der Waals surface area (Å²) in [6.07, 6.45) is 4.69. The van der Waals surface area contributed by atoms with E-state index in [1.54, 1.807) is 4.90 Å². The zero-order valence-corrected chi connectivity index (χ0v) is 21.5. The summed E-state index contributed by atoms with van der Waals surface area (Å²) in [5, 5.41) is 9.07. The van der Waals surface area contributed by atoms with E-state index in [0.29, 0.717) is 25.1 Å². The van der Waals surface area contributed by atoms with Gasteiger partial charge in [0, 0.05) is 19.1 Å². The lowest BCUT2D eigenvalue weighted by Gasteiger charge is -2.39. The molecule has 0 bridgehead atoms. The Morgan fingerprint density at radius 2 is 1.72 bits per heavy atom. The van der Waals surface area contributed by atoms with E-state index in [-0.39, 0.29) is 30.3 Å². The van der Waals surface area contributed by atoms with Gasteiger partial charge in [-0.05, 0) is 62.4 Å². The molecule has 2 aromatic carbocycles. The molecule has 0 unspecified atom stereocenters. The van der Waals surface area contributed by atoms with Gasteiger partial charge in [-0.25, -0.2) is 8.78 Å². The molecule has 0 spiro atoms. The predicted octanol–water partition coefficient (Wildman–Crippen LogP) is 4.21. The maximum Gasteiger partial charge on any atom is 0.251 e. The standard InChI is InChI=1S/C27H34F2N4O2.ClH/c1-17(30-2)16-31-23(19-9-3-4-10-19)27(35)33-15-14-18-8-5-6-11-20(18)25(33)26(34)32-24-21(28)12-7-13-22(24)29;/h5-8,11-13,17,19,23,25,30-31H,3-4,9-10,14-16H2,1-2H3,(H,32,34);1H/t17-,23-,25-;/m0./s1. The molecule has 3 N–H and O–H groups in total. The van der Waals surface area contributed by atoms with Crippen LogP contribution in [0.2, 0.25) is 0 Å². The quantitative estimate of drug-likeness (QED) is 0.487. The van der Waals surface area contributed by atoms with Crippen LogP contribution in [0.15, 0.2) is 42.5 Å². The summed E-state index contributed by atoms with van der Waals surface area (Å²) in [5.41, 5.74) is 1.15. The molecule has 0 radical (unpaired) electrons. The molecule has 1 heterocycles. The van der Waals surface area contributed by atoms with Gasteiger partial charge in [0.15, 0.2) is 0 Å². The molecule has 3 atom stereocenters. The highest BCUT2D eigenvalue weighted by molar-refractivity contribution is 5.99. The zero-order chi connectivity index (χ0) is 24.9. The zero-order valence-electron chi connectivity index (χ0n) is 20.7. The Morgan fingerprint density at radius 1 is 1.06 bits per heavy atom. The Kier molecular flexibility index (Phi) is 9.82. The van der Waals surface area contributed by atoms with Crippen LogP contribution >= 0.6 is 12.4 Å². The minimum absolute atomic E-state index is 0. The van der Waals surface area contributed by atoms with E-state index < -0.39 is 35.3 Å². The number of carbonyl (C=O) groups is 2. The Balaban J connectivity index is 0.00000361. The van der Waals surface area contributed by atoms with Crippen LogP contribution in [0.3, 0.4) is 0 Å². The van der Waals surface area contributed by atoms with Crippen LogP contribution in [0.5, 0.6) is 0 Å². The molecule has 2 amide bonds. The van der Waals surface area contributed by atoms with Crippen molar-refractivity contribution in [2.45, 2.75) is 57.2 Å². The number of halogens is 3. The fourth-order valence-electron chi connectivity index (χ4n) is 5.23. The SMILES string of the molecule is CN[C@@H](C)CN[C@H](C(=O)N1CCc2ccccc2[C@H]1C(=O)Nc1c(F)cccc1F)C1CCCC1.Cl. The first-order valence-corrected chi connectivity index (χ1v) is 12.4. The summed E-state index contributed by atoms with van der Waals surface area (Å²) in [4.78, 5) is 29.1. The number of rotatable bonds is 8. The van der Waals surface area contributed by atoms with E-state index in [1.807, 2.05) is 38.2 Å². The van der Waals surface area contributed by atoms with Crippen molar-refractivity contribution in [2.75, 3.05) is 25.5 Å². The van der Waals surface area contributed by atoms with Crippen LogP contribution in [-0.2, 0) is 16.0 Å². The molecule has 2 aromatic rings. The van der Waals surface area contributed by atoms with Crippen LogP contribution in [0.1, 0.15) is 49.8 Å². The molecule has 0 aromatic heterocycles. The molecule has 2 aliphatic rings. The Bertz CT molecular complexity index is 1040. The molecular formula is C27H35ClF2N4O2. The highest BCUT2D eigenvalue weighted by Gasteiger charge is 2.41. The Morgan fingerprint density at radius 3 is 2.39 bits per heavy atom. The molecule has 6 nitrogen and oxygen atoms in total. The van der Waals surface area contributed by atoms with Gasteiger partial charge in [-0.15, -0.1) is 12.4 Å². The average Bonchev–Trinajstić information content (AvgIpc) is 3.40. The molecule has 0 saturated heterocycles. The molecule has 4 rings (SSSR count). The van der Waals surface area contributed by atoms with Crippen LogP contribution in [0.25, 0.3) is 0 Å². The summed E-state index contributed by atoms with van der Waals surface area (Å²) < 4.78 is 28.6. The first-order valence-electron chi connectivity index (χ1n) is 12.4. The van der Waals surface area contributed by atoms with Crippen LogP contribution in [-0.4, -0.2) is 48.9 Å². The van der Waals surface area contributed by atoms with Gasteiger partial charge in [0.25, 0.3) is 5.91 Å². The van der Waals surface area contributed by atoms with E-state index in [1.165, 1.54) is 6.07 Å². The van der Waals surface area contributed by atoms with Crippen molar-refractivity contribution in [3.8, 4) is 0 Å². The number of carbonyl (C=O) groups excluding carboxylic acids is 2. The number of fused-ring (bicyclic) bond motifs is 1. The van der Waals surface area contributed by atoms with E-state index in [4.69, 9.17) is 0 Å². The van der Waals surface area contributed by atoms with Gasteiger partial charge in [-0.3, -0.25) is 9.59 Å². The van der Waals surface area contributed by atoms with Crippen molar-refractivity contribution >= 4 is 29.9 Å². The van der Waals surface area contributed by atoms with Crippen LogP contribution < -0.4 is 16.0 Å². The molecule has 9 heteroatoms. The number of hydrogen-bond acceptors (Lipinski definition) is 4. The van der Waals surface area contributed by atoms with Gasteiger partial charge in [0.05, 0.1) is 6.04 Å². The maximum absolute atomic E-state index is 14.3. The van der Waals surface area contributed by atoms with Gasteiger partial charge >= 0.3 is 0 Å². The van der Waals surface area contributed by atoms with Crippen molar-refractivity contribution in [3.63, 3.8) is 0 Å². The van der Waals surface area contributed by atoms with Crippen molar-refractivity contribution in [2.24, 2.45) is 5.92 Å². The lowest BCUT2D eigenvalue weighted by molar-refractivity contribution is -0.142. The highest BCUT2D eigenvalue weighted by Crippen LogP contribution is 2.35. The molecular weight excluding hydrogens is 486 g/mol. The smallest absolute Gasteiger partial charge is 0.251 e. The third kappa shape index (κ3) is 6.05.